The smallest absolute Gasteiger partial charge is 0.243 e. The summed E-state index contributed by atoms with van der Waals surface area (Å²) in [5.41, 5.74) is 6.56. The Hall–Kier alpha value is -0.140. The van der Waals surface area contributed by atoms with Crippen LogP contribution in [0.1, 0.15) is 18.4 Å². The van der Waals surface area contributed by atoms with Crippen molar-refractivity contribution in [2.75, 3.05) is 13.1 Å². The van der Waals surface area contributed by atoms with Gasteiger partial charge in [0.05, 0.1) is 4.90 Å². The summed E-state index contributed by atoms with van der Waals surface area (Å²) in [6.45, 7) is 2.83. The molecule has 1 aromatic rings. The maximum Gasteiger partial charge on any atom is 0.243 e. The number of hydrogen-bond donors (Lipinski definition) is 1. The van der Waals surface area contributed by atoms with Gasteiger partial charge in [-0.05, 0) is 43.5 Å². The van der Waals surface area contributed by atoms with Crippen LogP contribution in [0.3, 0.4) is 0 Å². The molecule has 0 saturated carbocycles. The Balaban J connectivity index is 0.00000180. The summed E-state index contributed by atoms with van der Waals surface area (Å²) in [6, 6.07) is 5.05. The van der Waals surface area contributed by atoms with Crippen LogP contribution in [0, 0.1) is 6.92 Å². The summed E-state index contributed by atoms with van der Waals surface area (Å²) in [6.07, 6.45) is 1.74. The fourth-order valence-electron chi connectivity index (χ4n) is 2.27. The van der Waals surface area contributed by atoms with Gasteiger partial charge in [0.25, 0.3) is 0 Å². The lowest BCUT2D eigenvalue weighted by molar-refractivity contribution is 0.393. The maximum atomic E-state index is 12.5. The van der Waals surface area contributed by atoms with Crippen molar-refractivity contribution >= 4 is 38.4 Å². The molecule has 7 heteroatoms. The first-order valence-corrected chi connectivity index (χ1v) is 8.18. The molecule has 19 heavy (non-hydrogen) atoms. The number of hydrogen-bond acceptors (Lipinski definition) is 3. The first-order chi connectivity index (χ1) is 8.46. The van der Waals surface area contributed by atoms with E-state index in [0.29, 0.717) is 18.0 Å². The highest BCUT2D eigenvalue weighted by molar-refractivity contribution is 9.10. The first kappa shape index (κ1) is 16.9. The van der Waals surface area contributed by atoms with Crippen LogP contribution in [0.4, 0.5) is 0 Å². The highest BCUT2D eigenvalue weighted by Crippen LogP contribution is 2.27. The molecule has 1 fully saturated rings. The van der Waals surface area contributed by atoms with Crippen LogP contribution in [-0.2, 0) is 10.0 Å². The largest absolute Gasteiger partial charge is 0.329 e. The van der Waals surface area contributed by atoms with Crippen molar-refractivity contribution in [1.29, 1.82) is 0 Å². The molecule has 2 N–H and O–H groups in total. The molecule has 1 aliphatic heterocycles. The number of nitrogens with two attached hydrogens (primary N) is 1. The topological polar surface area (TPSA) is 63.4 Å². The van der Waals surface area contributed by atoms with Crippen LogP contribution in [0.2, 0.25) is 0 Å². The molecular weight excluding hydrogens is 352 g/mol. The quantitative estimate of drug-likeness (QED) is 0.889. The second kappa shape index (κ2) is 6.54. The highest BCUT2D eigenvalue weighted by Gasteiger charge is 2.34. The zero-order valence-electron chi connectivity index (χ0n) is 10.7. The van der Waals surface area contributed by atoms with Crippen molar-refractivity contribution in [1.82, 2.24) is 4.31 Å². The van der Waals surface area contributed by atoms with E-state index in [1.165, 1.54) is 4.31 Å². The first-order valence-electron chi connectivity index (χ1n) is 5.95. The van der Waals surface area contributed by atoms with Gasteiger partial charge in [-0.25, -0.2) is 8.42 Å². The van der Waals surface area contributed by atoms with Gasteiger partial charge in [0, 0.05) is 23.6 Å². The van der Waals surface area contributed by atoms with Gasteiger partial charge in [-0.1, -0.05) is 15.9 Å². The van der Waals surface area contributed by atoms with Gasteiger partial charge < -0.3 is 5.73 Å². The van der Waals surface area contributed by atoms with Gasteiger partial charge in [0.15, 0.2) is 0 Å². The summed E-state index contributed by atoms with van der Waals surface area (Å²) in [7, 11) is -3.41. The molecule has 2 rings (SSSR count). The molecule has 0 aliphatic carbocycles. The van der Waals surface area contributed by atoms with E-state index in [1.807, 2.05) is 6.92 Å². The van der Waals surface area contributed by atoms with Crippen molar-refractivity contribution in [2.45, 2.75) is 30.7 Å². The van der Waals surface area contributed by atoms with Gasteiger partial charge >= 0.3 is 0 Å². The fourth-order valence-corrected chi connectivity index (χ4v) is 4.31. The molecule has 0 radical (unpaired) electrons. The molecule has 4 nitrogen and oxygen atoms in total. The van der Waals surface area contributed by atoms with Crippen LogP contribution in [-0.4, -0.2) is 31.9 Å². The summed E-state index contributed by atoms with van der Waals surface area (Å²) in [5.74, 6) is 0. The van der Waals surface area contributed by atoms with E-state index in [1.54, 1.807) is 18.2 Å². The maximum absolute atomic E-state index is 12.5. The third-order valence-electron chi connectivity index (χ3n) is 3.33. The number of benzene rings is 1. The standard InChI is InChI=1S/C12H17BrN2O2S.ClH/c1-9-7-11(4-5-12(9)13)18(16,17)15-6-2-3-10(15)8-14;/h4-5,7,10H,2-3,6,8,14H2,1H3;1H. The average Bonchev–Trinajstić information content (AvgIpc) is 2.81. The van der Waals surface area contributed by atoms with Crippen LogP contribution < -0.4 is 5.73 Å². The molecule has 1 heterocycles. The van der Waals surface area contributed by atoms with E-state index >= 15 is 0 Å². The Labute approximate surface area is 128 Å². The van der Waals surface area contributed by atoms with E-state index in [0.717, 1.165) is 22.9 Å². The van der Waals surface area contributed by atoms with E-state index in [2.05, 4.69) is 15.9 Å². The van der Waals surface area contributed by atoms with E-state index < -0.39 is 10.0 Å². The second-order valence-electron chi connectivity index (χ2n) is 4.56. The lowest BCUT2D eigenvalue weighted by Crippen LogP contribution is -2.39. The normalized spacial score (nSPS) is 20.3. The summed E-state index contributed by atoms with van der Waals surface area (Å²) < 4.78 is 27.5. The molecule has 1 aliphatic rings. The molecule has 0 aromatic heterocycles. The molecule has 0 amide bonds. The molecule has 1 atom stereocenters. The monoisotopic (exact) mass is 368 g/mol. The number of halogens is 2. The van der Waals surface area contributed by atoms with Gasteiger partial charge in [0.2, 0.25) is 10.0 Å². The van der Waals surface area contributed by atoms with Gasteiger partial charge in [-0.15, -0.1) is 12.4 Å². The van der Waals surface area contributed by atoms with E-state index in [4.69, 9.17) is 5.73 Å². The van der Waals surface area contributed by atoms with Crippen LogP contribution >= 0.6 is 28.3 Å². The Morgan fingerprint density at radius 1 is 1.47 bits per heavy atom. The van der Waals surface area contributed by atoms with Crippen LogP contribution in [0.15, 0.2) is 27.6 Å². The van der Waals surface area contributed by atoms with Crippen molar-refractivity contribution in [3.05, 3.63) is 28.2 Å². The van der Waals surface area contributed by atoms with E-state index in [9.17, 15) is 8.42 Å². The molecule has 108 valence electrons. The third-order valence-corrected chi connectivity index (χ3v) is 6.17. The van der Waals surface area contributed by atoms with Crippen LogP contribution in [0.5, 0.6) is 0 Å². The van der Waals surface area contributed by atoms with Crippen molar-refractivity contribution < 1.29 is 8.42 Å². The van der Waals surface area contributed by atoms with Crippen LogP contribution in [0.25, 0.3) is 0 Å². The Bertz CT molecular complexity index is 551. The molecular formula is C12H18BrClN2O2S. The predicted octanol–water partition coefficient (Wildman–Crippen LogP) is 2.29. The molecule has 1 aromatic carbocycles. The van der Waals surface area contributed by atoms with Crippen molar-refractivity contribution in [3.8, 4) is 0 Å². The van der Waals surface area contributed by atoms with E-state index in [-0.39, 0.29) is 18.4 Å². The highest BCUT2D eigenvalue weighted by atomic mass is 79.9. The lowest BCUT2D eigenvalue weighted by atomic mass is 10.2. The average molecular weight is 370 g/mol. The molecule has 1 unspecified atom stereocenters. The lowest BCUT2D eigenvalue weighted by Gasteiger charge is -2.23. The SMILES string of the molecule is Cc1cc(S(=O)(=O)N2CCCC2CN)ccc1Br.Cl. The zero-order chi connectivity index (χ0) is 13.3. The van der Waals surface area contributed by atoms with Crippen molar-refractivity contribution in [2.24, 2.45) is 5.73 Å². The Morgan fingerprint density at radius 2 is 2.16 bits per heavy atom. The number of sulfonamides is 1. The molecule has 1 saturated heterocycles. The second-order valence-corrected chi connectivity index (χ2v) is 7.30. The van der Waals surface area contributed by atoms with Gasteiger partial charge in [0.1, 0.15) is 0 Å². The minimum atomic E-state index is -3.41. The minimum Gasteiger partial charge on any atom is -0.329 e. The summed E-state index contributed by atoms with van der Waals surface area (Å²) in [4.78, 5) is 0.351. The minimum absolute atomic E-state index is 0. The molecule has 0 bridgehead atoms. The number of rotatable bonds is 3. The summed E-state index contributed by atoms with van der Waals surface area (Å²) in [5, 5.41) is 0. The molecule has 0 spiro atoms. The Kier molecular flexibility index (Phi) is 5.82. The zero-order valence-corrected chi connectivity index (χ0v) is 13.9. The number of nitrogens with zero attached hydrogens (tertiary/aromatic N) is 1. The number of aryl methyl sites for hydroxylation is 1. The summed E-state index contributed by atoms with van der Waals surface area (Å²) >= 11 is 3.38. The Morgan fingerprint density at radius 3 is 2.74 bits per heavy atom. The fraction of sp³-hybridized carbons (Fsp3) is 0.500. The van der Waals surface area contributed by atoms with Crippen molar-refractivity contribution in [3.63, 3.8) is 0 Å². The third kappa shape index (κ3) is 3.31. The predicted molar refractivity (Wildman–Crippen MR) is 82.1 cm³/mol. The van der Waals surface area contributed by atoms with Gasteiger partial charge in [-0.3, -0.25) is 0 Å². The van der Waals surface area contributed by atoms with Gasteiger partial charge in [-0.2, -0.15) is 4.31 Å².